The lowest BCUT2D eigenvalue weighted by Crippen LogP contribution is -2.42. The standard InChI is InChI=1S/C16H31NO2S/c1-4-8-20(18,19)9-7-16(12-17-13(2)3)11-14-5-6-15(16)10-14/h13-15,17H,4-12H2,1-3H3. The molecule has 0 heterocycles. The Labute approximate surface area is 124 Å². The van der Waals surface area contributed by atoms with Gasteiger partial charge in [-0.25, -0.2) is 8.42 Å². The molecule has 2 saturated carbocycles. The first kappa shape index (κ1) is 16.3. The average molecular weight is 301 g/mol. The minimum atomic E-state index is -2.84. The van der Waals surface area contributed by atoms with Crippen LogP contribution in [-0.2, 0) is 9.84 Å². The monoisotopic (exact) mass is 301 g/mol. The molecule has 0 aromatic carbocycles. The smallest absolute Gasteiger partial charge is 0.150 e. The third-order valence-electron chi connectivity index (χ3n) is 5.39. The molecule has 2 bridgehead atoms. The van der Waals surface area contributed by atoms with Gasteiger partial charge in [0, 0.05) is 18.3 Å². The Kier molecular flexibility index (Phi) is 5.17. The van der Waals surface area contributed by atoms with Crippen molar-refractivity contribution in [2.75, 3.05) is 18.1 Å². The Morgan fingerprint density at radius 2 is 2.00 bits per heavy atom. The van der Waals surface area contributed by atoms with Crippen LogP contribution in [0.2, 0.25) is 0 Å². The third kappa shape index (κ3) is 3.76. The Morgan fingerprint density at radius 1 is 1.25 bits per heavy atom. The fraction of sp³-hybridized carbons (Fsp3) is 1.00. The predicted molar refractivity (Wildman–Crippen MR) is 84.6 cm³/mol. The molecule has 3 unspecified atom stereocenters. The summed E-state index contributed by atoms with van der Waals surface area (Å²) in [7, 11) is -2.84. The molecule has 3 atom stereocenters. The minimum Gasteiger partial charge on any atom is -0.314 e. The quantitative estimate of drug-likeness (QED) is 0.749. The Bertz CT molecular complexity index is 418. The molecule has 20 heavy (non-hydrogen) atoms. The second-order valence-corrected chi connectivity index (χ2v) is 9.68. The van der Waals surface area contributed by atoms with E-state index in [0.29, 0.717) is 17.5 Å². The van der Waals surface area contributed by atoms with Gasteiger partial charge in [-0.05, 0) is 49.4 Å². The van der Waals surface area contributed by atoms with E-state index in [2.05, 4.69) is 19.2 Å². The van der Waals surface area contributed by atoms with Crippen molar-refractivity contribution in [3.8, 4) is 0 Å². The van der Waals surface area contributed by atoms with Crippen LogP contribution in [0.1, 0.15) is 59.3 Å². The van der Waals surface area contributed by atoms with Crippen molar-refractivity contribution >= 4 is 9.84 Å². The van der Waals surface area contributed by atoms with Crippen LogP contribution >= 0.6 is 0 Å². The molecule has 0 aromatic rings. The van der Waals surface area contributed by atoms with E-state index in [1.54, 1.807) is 0 Å². The van der Waals surface area contributed by atoms with Gasteiger partial charge in [0.2, 0.25) is 0 Å². The first-order valence-corrected chi connectivity index (χ1v) is 10.1. The topological polar surface area (TPSA) is 46.2 Å². The number of nitrogens with one attached hydrogen (secondary N) is 1. The van der Waals surface area contributed by atoms with Gasteiger partial charge < -0.3 is 5.32 Å². The molecule has 0 saturated heterocycles. The molecule has 0 aromatic heterocycles. The van der Waals surface area contributed by atoms with Crippen molar-refractivity contribution in [3.63, 3.8) is 0 Å². The van der Waals surface area contributed by atoms with Crippen molar-refractivity contribution in [1.29, 1.82) is 0 Å². The fourth-order valence-corrected chi connectivity index (χ4v) is 5.89. The SMILES string of the molecule is CCCS(=O)(=O)CCC1(CNC(C)C)CC2CCC1C2. The summed E-state index contributed by atoms with van der Waals surface area (Å²) in [5, 5.41) is 3.59. The largest absolute Gasteiger partial charge is 0.314 e. The summed E-state index contributed by atoms with van der Waals surface area (Å²) >= 11 is 0. The molecule has 0 radical (unpaired) electrons. The lowest BCUT2D eigenvalue weighted by atomic mass is 9.71. The number of hydrogen-bond acceptors (Lipinski definition) is 3. The summed E-state index contributed by atoms with van der Waals surface area (Å²) in [6, 6.07) is 0.484. The van der Waals surface area contributed by atoms with E-state index in [1.165, 1.54) is 25.7 Å². The molecular weight excluding hydrogens is 270 g/mol. The highest BCUT2D eigenvalue weighted by molar-refractivity contribution is 7.91. The van der Waals surface area contributed by atoms with Crippen LogP contribution < -0.4 is 5.32 Å². The molecule has 118 valence electrons. The van der Waals surface area contributed by atoms with Crippen LogP contribution in [-0.4, -0.2) is 32.5 Å². The lowest BCUT2D eigenvalue weighted by Gasteiger charge is -2.39. The van der Waals surface area contributed by atoms with Crippen LogP contribution in [0, 0.1) is 17.3 Å². The van der Waals surface area contributed by atoms with Crippen LogP contribution in [0.15, 0.2) is 0 Å². The minimum absolute atomic E-state index is 0.258. The van der Waals surface area contributed by atoms with E-state index < -0.39 is 9.84 Å². The average Bonchev–Trinajstić information content (AvgIpc) is 2.95. The van der Waals surface area contributed by atoms with Crippen LogP contribution in [0.5, 0.6) is 0 Å². The van der Waals surface area contributed by atoms with E-state index in [1.807, 2.05) is 6.92 Å². The van der Waals surface area contributed by atoms with Crippen molar-refractivity contribution < 1.29 is 8.42 Å². The van der Waals surface area contributed by atoms with Gasteiger partial charge >= 0.3 is 0 Å². The molecule has 2 aliphatic carbocycles. The maximum atomic E-state index is 12.1. The summed E-state index contributed by atoms with van der Waals surface area (Å²) in [5.74, 6) is 2.37. The zero-order chi connectivity index (χ0) is 14.8. The molecule has 3 nitrogen and oxygen atoms in total. The molecular formula is C16H31NO2S. The normalized spacial score (nSPS) is 33.2. The third-order valence-corrected chi connectivity index (χ3v) is 7.25. The van der Waals surface area contributed by atoms with Gasteiger partial charge in [-0.15, -0.1) is 0 Å². The summed E-state index contributed by atoms with van der Waals surface area (Å²) in [6.45, 7) is 7.31. The molecule has 0 aliphatic heterocycles. The molecule has 2 rings (SSSR count). The maximum absolute atomic E-state index is 12.1. The van der Waals surface area contributed by atoms with E-state index in [4.69, 9.17) is 0 Å². The second-order valence-electron chi connectivity index (χ2n) is 7.38. The number of rotatable bonds is 8. The van der Waals surface area contributed by atoms with E-state index in [-0.39, 0.29) is 5.41 Å². The van der Waals surface area contributed by atoms with Gasteiger partial charge in [0.25, 0.3) is 0 Å². The highest BCUT2D eigenvalue weighted by atomic mass is 32.2. The Morgan fingerprint density at radius 3 is 2.50 bits per heavy atom. The van der Waals surface area contributed by atoms with Crippen LogP contribution in [0.4, 0.5) is 0 Å². The predicted octanol–water partition coefficient (Wildman–Crippen LogP) is 3.01. The molecule has 2 fully saturated rings. The number of fused-ring (bicyclic) bond motifs is 2. The molecule has 0 spiro atoms. The summed E-state index contributed by atoms with van der Waals surface area (Å²) in [5.41, 5.74) is 0.258. The van der Waals surface area contributed by atoms with Crippen molar-refractivity contribution in [1.82, 2.24) is 5.32 Å². The van der Waals surface area contributed by atoms with Gasteiger partial charge in [-0.2, -0.15) is 0 Å². The van der Waals surface area contributed by atoms with Gasteiger partial charge in [0.05, 0.1) is 5.75 Å². The zero-order valence-electron chi connectivity index (χ0n) is 13.3. The van der Waals surface area contributed by atoms with Gasteiger partial charge in [-0.1, -0.05) is 27.2 Å². The van der Waals surface area contributed by atoms with E-state index in [9.17, 15) is 8.42 Å². The molecule has 2 aliphatic rings. The lowest BCUT2D eigenvalue weighted by molar-refractivity contribution is 0.147. The second kappa shape index (κ2) is 6.35. The van der Waals surface area contributed by atoms with Crippen molar-refractivity contribution in [3.05, 3.63) is 0 Å². The first-order valence-electron chi connectivity index (χ1n) is 8.31. The van der Waals surface area contributed by atoms with Crippen molar-refractivity contribution in [2.24, 2.45) is 17.3 Å². The highest BCUT2D eigenvalue weighted by Gasteiger charge is 2.50. The highest BCUT2D eigenvalue weighted by Crippen LogP contribution is 2.57. The number of hydrogen-bond donors (Lipinski definition) is 1. The van der Waals surface area contributed by atoms with Crippen molar-refractivity contribution in [2.45, 2.75) is 65.3 Å². The first-order chi connectivity index (χ1) is 9.37. The summed E-state index contributed by atoms with van der Waals surface area (Å²) in [6.07, 6.45) is 6.89. The van der Waals surface area contributed by atoms with E-state index in [0.717, 1.165) is 31.2 Å². The Hall–Kier alpha value is -0.0900. The molecule has 1 N–H and O–H groups in total. The van der Waals surface area contributed by atoms with Crippen LogP contribution in [0.25, 0.3) is 0 Å². The maximum Gasteiger partial charge on any atom is 0.150 e. The van der Waals surface area contributed by atoms with E-state index >= 15 is 0 Å². The van der Waals surface area contributed by atoms with Crippen LogP contribution in [0.3, 0.4) is 0 Å². The number of sulfone groups is 1. The molecule has 4 heteroatoms. The Balaban J connectivity index is 2.01. The molecule has 0 amide bonds. The van der Waals surface area contributed by atoms with Gasteiger partial charge in [-0.3, -0.25) is 0 Å². The zero-order valence-corrected chi connectivity index (χ0v) is 14.1. The van der Waals surface area contributed by atoms with Gasteiger partial charge in [0.1, 0.15) is 9.84 Å². The summed E-state index contributed by atoms with van der Waals surface area (Å²) in [4.78, 5) is 0. The fourth-order valence-electron chi connectivity index (χ4n) is 4.35. The summed E-state index contributed by atoms with van der Waals surface area (Å²) < 4.78 is 24.1. The van der Waals surface area contributed by atoms with Gasteiger partial charge in [0.15, 0.2) is 0 Å².